The molecule has 0 spiro atoms. The highest BCUT2D eigenvalue weighted by molar-refractivity contribution is 7.98. The Hall–Kier alpha value is -0.690. The van der Waals surface area contributed by atoms with Crippen molar-refractivity contribution in [1.29, 1.82) is 0 Å². The monoisotopic (exact) mass is 206 g/mol. The summed E-state index contributed by atoms with van der Waals surface area (Å²) in [5, 5.41) is 0. The average Bonchev–Trinajstić information content (AvgIpc) is 2.25. The minimum atomic E-state index is 1.12. The van der Waals surface area contributed by atoms with E-state index in [1.54, 1.807) is 0 Å². The fraction of sp³-hybridized carbons (Fsp3) is 0.385. The number of rotatable bonds is 6. The third kappa shape index (κ3) is 5.13. The lowest BCUT2D eigenvalue weighted by Gasteiger charge is -1.97. The quantitative estimate of drug-likeness (QED) is 0.494. The molecule has 0 N–H and O–H groups in total. The van der Waals surface area contributed by atoms with Crippen molar-refractivity contribution in [2.75, 3.05) is 5.75 Å². The second-order valence-corrected chi connectivity index (χ2v) is 4.29. The minimum absolute atomic E-state index is 1.12. The molecule has 0 unspecified atom stereocenters. The molecule has 1 aromatic rings. The first kappa shape index (κ1) is 11.4. The predicted octanol–water partition coefficient (Wildman–Crippen LogP) is 4.28. The van der Waals surface area contributed by atoms with Crippen LogP contribution in [0.1, 0.15) is 25.3 Å². The van der Waals surface area contributed by atoms with Gasteiger partial charge in [-0.05, 0) is 12.0 Å². The Morgan fingerprint density at radius 2 is 1.93 bits per heavy atom. The molecule has 0 atom stereocenters. The molecular weight excluding hydrogens is 188 g/mol. The van der Waals surface area contributed by atoms with Crippen LogP contribution in [-0.2, 0) is 5.75 Å². The highest BCUT2D eigenvalue weighted by Gasteiger charge is 1.89. The summed E-state index contributed by atoms with van der Waals surface area (Å²) in [6.45, 7) is 2.21. The summed E-state index contributed by atoms with van der Waals surface area (Å²) >= 11 is 1.97. The molecule has 1 heteroatoms. The third-order valence-corrected chi connectivity index (χ3v) is 2.91. The van der Waals surface area contributed by atoms with Gasteiger partial charge in [0.15, 0.2) is 0 Å². The fourth-order valence-electron chi connectivity index (χ4n) is 1.17. The summed E-state index contributed by atoms with van der Waals surface area (Å²) in [6.07, 6.45) is 7.01. The van der Waals surface area contributed by atoms with Gasteiger partial charge in [0.1, 0.15) is 0 Å². The summed E-state index contributed by atoms with van der Waals surface area (Å²) in [5.74, 6) is 2.26. The summed E-state index contributed by atoms with van der Waals surface area (Å²) < 4.78 is 0. The van der Waals surface area contributed by atoms with E-state index >= 15 is 0 Å². The van der Waals surface area contributed by atoms with E-state index in [9.17, 15) is 0 Å². The number of hydrogen-bond acceptors (Lipinski definition) is 1. The van der Waals surface area contributed by atoms with Crippen molar-refractivity contribution in [2.45, 2.75) is 25.5 Å². The summed E-state index contributed by atoms with van der Waals surface area (Å²) in [6, 6.07) is 10.6. The molecular formula is C13H18S. The third-order valence-electron chi connectivity index (χ3n) is 1.95. The molecule has 0 saturated carbocycles. The van der Waals surface area contributed by atoms with E-state index in [1.165, 1.54) is 18.4 Å². The van der Waals surface area contributed by atoms with E-state index in [0.29, 0.717) is 0 Å². The van der Waals surface area contributed by atoms with Gasteiger partial charge >= 0.3 is 0 Å². The van der Waals surface area contributed by atoms with Crippen LogP contribution in [0, 0.1) is 0 Å². The number of thioether (sulfide) groups is 1. The molecule has 0 saturated heterocycles. The van der Waals surface area contributed by atoms with Crippen molar-refractivity contribution in [1.82, 2.24) is 0 Å². The number of hydrogen-bond donors (Lipinski definition) is 0. The second kappa shape index (κ2) is 7.69. The van der Waals surface area contributed by atoms with Crippen molar-refractivity contribution in [3.05, 3.63) is 48.0 Å². The first-order valence-corrected chi connectivity index (χ1v) is 6.35. The smallest absolute Gasteiger partial charge is 0.0187 e. The molecule has 0 aliphatic carbocycles. The molecule has 14 heavy (non-hydrogen) atoms. The van der Waals surface area contributed by atoms with Gasteiger partial charge in [-0.15, -0.1) is 0 Å². The number of allylic oxidation sites excluding steroid dienone is 1. The van der Waals surface area contributed by atoms with Crippen molar-refractivity contribution in [3.63, 3.8) is 0 Å². The largest absolute Gasteiger partial charge is 0.153 e. The zero-order valence-electron chi connectivity index (χ0n) is 8.78. The molecule has 0 aliphatic rings. The van der Waals surface area contributed by atoms with Crippen molar-refractivity contribution in [2.24, 2.45) is 0 Å². The van der Waals surface area contributed by atoms with E-state index in [-0.39, 0.29) is 0 Å². The van der Waals surface area contributed by atoms with Crippen LogP contribution in [-0.4, -0.2) is 5.75 Å². The molecule has 1 rings (SSSR count). The maximum Gasteiger partial charge on any atom is 0.0187 e. The predicted molar refractivity (Wildman–Crippen MR) is 66.7 cm³/mol. The van der Waals surface area contributed by atoms with Crippen LogP contribution >= 0.6 is 11.8 Å². The van der Waals surface area contributed by atoms with Crippen molar-refractivity contribution >= 4 is 11.8 Å². The lowest BCUT2D eigenvalue weighted by Crippen LogP contribution is -1.79. The van der Waals surface area contributed by atoms with Crippen LogP contribution < -0.4 is 0 Å². The molecule has 76 valence electrons. The van der Waals surface area contributed by atoms with Gasteiger partial charge in [0.2, 0.25) is 0 Å². The molecule has 0 aliphatic heterocycles. The lowest BCUT2D eigenvalue weighted by atomic mass is 10.2. The molecule has 0 bridgehead atoms. The maximum atomic E-state index is 2.28. The lowest BCUT2D eigenvalue weighted by molar-refractivity contribution is 0.957. The van der Waals surface area contributed by atoms with Crippen LogP contribution in [0.25, 0.3) is 0 Å². The van der Waals surface area contributed by atoms with Gasteiger partial charge in [-0.2, -0.15) is 11.8 Å². The van der Waals surface area contributed by atoms with Crippen molar-refractivity contribution < 1.29 is 0 Å². The van der Waals surface area contributed by atoms with Gasteiger partial charge in [0.25, 0.3) is 0 Å². The number of benzene rings is 1. The van der Waals surface area contributed by atoms with Crippen molar-refractivity contribution in [3.8, 4) is 0 Å². The molecule has 0 nitrogen and oxygen atoms in total. The summed E-state index contributed by atoms with van der Waals surface area (Å²) in [7, 11) is 0. The maximum absolute atomic E-state index is 2.28. The fourth-order valence-corrected chi connectivity index (χ4v) is 1.99. The highest BCUT2D eigenvalue weighted by Crippen LogP contribution is 2.11. The van der Waals surface area contributed by atoms with E-state index in [2.05, 4.69) is 49.4 Å². The average molecular weight is 206 g/mol. The van der Waals surface area contributed by atoms with Crippen LogP contribution in [0.15, 0.2) is 42.5 Å². The zero-order chi connectivity index (χ0) is 10.1. The molecule has 1 aromatic carbocycles. The van der Waals surface area contributed by atoms with E-state index in [0.717, 1.165) is 11.5 Å². The van der Waals surface area contributed by atoms with Gasteiger partial charge < -0.3 is 0 Å². The Kier molecular flexibility index (Phi) is 6.25. The zero-order valence-corrected chi connectivity index (χ0v) is 9.59. The Labute approximate surface area is 91.4 Å². The first-order valence-electron chi connectivity index (χ1n) is 5.20. The molecule has 0 aromatic heterocycles. The van der Waals surface area contributed by atoms with E-state index < -0.39 is 0 Å². The Balaban J connectivity index is 2.10. The molecule has 0 radical (unpaired) electrons. The first-order chi connectivity index (χ1) is 6.93. The van der Waals surface area contributed by atoms with Crippen LogP contribution in [0.3, 0.4) is 0 Å². The Morgan fingerprint density at radius 3 is 2.64 bits per heavy atom. The Morgan fingerprint density at radius 1 is 1.14 bits per heavy atom. The summed E-state index contributed by atoms with van der Waals surface area (Å²) in [4.78, 5) is 0. The van der Waals surface area contributed by atoms with Gasteiger partial charge in [0, 0.05) is 11.5 Å². The van der Waals surface area contributed by atoms with Gasteiger partial charge in [-0.1, -0.05) is 55.8 Å². The molecule has 0 amide bonds. The standard InChI is InChI=1S/C13H18S/c1-2-3-4-8-11-14-12-13-9-6-5-7-10-13/h4-10H,2-3,11-12H2,1H3/b8-4+. The minimum Gasteiger partial charge on any atom is -0.153 e. The van der Waals surface area contributed by atoms with Gasteiger partial charge in [0.05, 0.1) is 0 Å². The van der Waals surface area contributed by atoms with Gasteiger partial charge in [-0.25, -0.2) is 0 Å². The molecule has 0 heterocycles. The SMILES string of the molecule is CCC/C=C/CSCc1ccccc1. The Bertz CT molecular complexity index is 251. The normalized spacial score (nSPS) is 10.9. The number of unbranched alkanes of at least 4 members (excludes halogenated alkanes) is 1. The second-order valence-electron chi connectivity index (χ2n) is 3.26. The molecule has 0 fully saturated rings. The van der Waals surface area contributed by atoms with E-state index in [4.69, 9.17) is 0 Å². The van der Waals surface area contributed by atoms with E-state index in [1.807, 2.05) is 11.8 Å². The van der Waals surface area contributed by atoms with Crippen LogP contribution in [0.2, 0.25) is 0 Å². The van der Waals surface area contributed by atoms with Crippen LogP contribution in [0.4, 0.5) is 0 Å². The summed E-state index contributed by atoms with van der Waals surface area (Å²) in [5.41, 5.74) is 1.42. The van der Waals surface area contributed by atoms with Gasteiger partial charge in [-0.3, -0.25) is 0 Å². The topological polar surface area (TPSA) is 0 Å². The highest BCUT2D eigenvalue weighted by atomic mass is 32.2. The van der Waals surface area contributed by atoms with Crippen LogP contribution in [0.5, 0.6) is 0 Å².